The number of hydrogen-bond acceptors (Lipinski definition) is 1. The second kappa shape index (κ2) is 9.03. The summed E-state index contributed by atoms with van der Waals surface area (Å²) in [4.78, 5) is 0. The lowest BCUT2D eigenvalue weighted by molar-refractivity contribution is -0.660. The number of pyridine rings is 1. The molecular formula is C41H36NOSi2+. The Kier molecular flexibility index (Phi) is 5.39. The van der Waals surface area contributed by atoms with Crippen LogP contribution in [0.5, 0.6) is 0 Å². The van der Waals surface area contributed by atoms with Gasteiger partial charge in [-0.15, -0.1) is 0 Å². The zero-order chi connectivity index (χ0) is 30.8. The highest BCUT2D eigenvalue weighted by atomic mass is 28.3. The lowest BCUT2D eigenvalue weighted by Gasteiger charge is -2.26. The molecule has 2 aliphatic rings. The van der Waals surface area contributed by atoms with Crippen LogP contribution in [0.3, 0.4) is 0 Å². The fourth-order valence-electron chi connectivity index (χ4n) is 8.63. The Morgan fingerprint density at radius 2 is 1.18 bits per heavy atom. The van der Waals surface area contributed by atoms with E-state index in [0.717, 1.165) is 16.9 Å². The molecule has 0 atom stereocenters. The quantitative estimate of drug-likeness (QED) is 0.144. The predicted octanol–water partition coefficient (Wildman–Crippen LogP) is 7.66. The van der Waals surface area contributed by atoms with Gasteiger partial charge >= 0.3 is 0 Å². The molecule has 45 heavy (non-hydrogen) atoms. The second-order valence-corrected chi connectivity index (χ2v) is 22.7. The minimum Gasteiger partial charge on any atom is -0.454 e. The van der Waals surface area contributed by atoms with Crippen LogP contribution >= 0.6 is 0 Å². The molecule has 0 aliphatic carbocycles. The van der Waals surface area contributed by atoms with Gasteiger partial charge in [0.25, 0.3) is 0 Å². The van der Waals surface area contributed by atoms with Crippen molar-refractivity contribution in [1.82, 2.24) is 0 Å². The van der Waals surface area contributed by atoms with Gasteiger partial charge in [-0.3, -0.25) is 0 Å². The van der Waals surface area contributed by atoms with Crippen LogP contribution in [0, 0.1) is 6.92 Å². The maximum absolute atomic E-state index is 7.11. The van der Waals surface area contributed by atoms with Crippen molar-refractivity contribution in [2.75, 3.05) is 0 Å². The van der Waals surface area contributed by atoms with Crippen molar-refractivity contribution >= 4 is 58.8 Å². The van der Waals surface area contributed by atoms with Gasteiger partial charge < -0.3 is 4.42 Å². The molecule has 0 fully saturated rings. The molecule has 4 heteroatoms. The summed E-state index contributed by atoms with van der Waals surface area (Å²) in [5.41, 5.74) is 14.0. The smallest absolute Gasteiger partial charge is 0.216 e. The van der Waals surface area contributed by atoms with Crippen LogP contribution in [-0.4, -0.2) is 16.1 Å². The van der Waals surface area contributed by atoms with Crippen molar-refractivity contribution in [3.63, 3.8) is 0 Å². The van der Waals surface area contributed by atoms with E-state index in [2.05, 4.69) is 154 Å². The van der Waals surface area contributed by atoms with E-state index in [4.69, 9.17) is 4.42 Å². The fraction of sp³-hybridized carbons (Fsp3) is 0.146. The second-order valence-electron chi connectivity index (χ2n) is 14.1. The average molecular weight is 615 g/mol. The molecule has 2 aromatic heterocycles. The Balaban J connectivity index is 1.42. The summed E-state index contributed by atoms with van der Waals surface area (Å²) in [6.07, 6.45) is 2.11. The van der Waals surface area contributed by atoms with Crippen molar-refractivity contribution in [3.8, 4) is 44.6 Å². The van der Waals surface area contributed by atoms with Crippen molar-refractivity contribution in [3.05, 3.63) is 115 Å². The number of furan rings is 1. The van der Waals surface area contributed by atoms with Crippen molar-refractivity contribution < 1.29 is 8.98 Å². The summed E-state index contributed by atoms with van der Waals surface area (Å²) >= 11 is 0. The number of aryl methyl sites for hydroxylation is 2. The first kappa shape index (κ1) is 26.8. The molecule has 0 saturated heterocycles. The number of rotatable bonds is 2. The van der Waals surface area contributed by atoms with E-state index in [1.807, 2.05) is 0 Å². The Bertz CT molecular complexity index is 2410. The summed E-state index contributed by atoms with van der Waals surface area (Å²) < 4.78 is 9.30. The molecule has 0 spiro atoms. The van der Waals surface area contributed by atoms with E-state index in [0.29, 0.717) is 0 Å². The molecule has 0 bridgehead atoms. The summed E-state index contributed by atoms with van der Waals surface area (Å²) in [5, 5.41) is 8.58. The van der Waals surface area contributed by atoms with Gasteiger partial charge in [0.2, 0.25) is 5.69 Å². The third-order valence-corrected chi connectivity index (χ3v) is 17.9. The Hall–Kier alpha value is -4.52. The molecule has 0 unspecified atom stereocenters. The molecule has 0 amide bonds. The number of benzene rings is 5. The van der Waals surface area contributed by atoms with Crippen LogP contribution < -0.4 is 25.3 Å². The van der Waals surface area contributed by atoms with E-state index < -0.39 is 16.1 Å². The maximum Gasteiger partial charge on any atom is 0.216 e. The summed E-state index contributed by atoms with van der Waals surface area (Å²) in [5.74, 6) is 0. The Labute approximate surface area is 266 Å². The molecule has 0 saturated carbocycles. The minimum atomic E-state index is -2.06. The Morgan fingerprint density at radius 3 is 1.93 bits per heavy atom. The van der Waals surface area contributed by atoms with Gasteiger partial charge in [0.15, 0.2) is 6.20 Å². The van der Waals surface area contributed by atoms with Crippen LogP contribution in [0.15, 0.2) is 114 Å². The van der Waals surface area contributed by atoms with E-state index >= 15 is 0 Å². The largest absolute Gasteiger partial charge is 0.454 e. The van der Waals surface area contributed by atoms with Crippen LogP contribution in [0.1, 0.15) is 5.56 Å². The van der Waals surface area contributed by atoms with Gasteiger partial charge in [0.05, 0.1) is 5.56 Å². The maximum atomic E-state index is 7.11. The number of aromatic nitrogens is 1. The van der Waals surface area contributed by atoms with E-state index in [9.17, 15) is 0 Å². The van der Waals surface area contributed by atoms with Gasteiger partial charge in [-0.25, -0.2) is 4.57 Å². The topological polar surface area (TPSA) is 17.0 Å². The summed E-state index contributed by atoms with van der Waals surface area (Å²) in [6.45, 7) is 12.4. The number of fused-ring (bicyclic) bond motifs is 10. The first-order valence-electron chi connectivity index (χ1n) is 16.0. The molecule has 7 aromatic rings. The van der Waals surface area contributed by atoms with Gasteiger partial charge in [0, 0.05) is 28.5 Å². The normalized spacial score (nSPS) is 15.2. The molecule has 5 aromatic carbocycles. The van der Waals surface area contributed by atoms with Crippen molar-refractivity contribution in [2.24, 2.45) is 7.05 Å². The third kappa shape index (κ3) is 3.41. The van der Waals surface area contributed by atoms with E-state index in [-0.39, 0.29) is 0 Å². The number of nitrogens with zero attached hydrogens (tertiary/aromatic N) is 1. The molecule has 4 heterocycles. The van der Waals surface area contributed by atoms with E-state index in [1.54, 1.807) is 20.7 Å². The number of para-hydroxylation sites is 1. The van der Waals surface area contributed by atoms with Gasteiger partial charge in [0.1, 0.15) is 34.4 Å². The zero-order valence-corrected chi connectivity index (χ0v) is 28.7. The van der Waals surface area contributed by atoms with Crippen molar-refractivity contribution in [1.29, 1.82) is 0 Å². The SMILES string of the molecule is Cc1ccc2c(oc3c(-c4cc5c(c6c4[Si](C)(C)c4ccccc4-6)-c4ccccc4[Si]5(C)C)cccc32)c1-c1cccc[n+]1C. The first-order valence-corrected chi connectivity index (χ1v) is 22.0. The lowest BCUT2D eigenvalue weighted by Crippen LogP contribution is -2.52. The summed E-state index contributed by atoms with van der Waals surface area (Å²) in [7, 11) is -1.88. The highest BCUT2D eigenvalue weighted by Crippen LogP contribution is 2.45. The fourth-order valence-corrected chi connectivity index (χ4v) is 15.1. The first-order chi connectivity index (χ1) is 21.7. The van der Waals surface area contributed by atoms with E-state index in [1.165, 1.54) is 55.3 Å². The standard InChI is InChI=1S/C41H36NOSi2/c1-25-21-22-28-26-16-13-17-27(39(26)43-40(28)36(25)32-18-11-12-23-42(32)2)31-24-35-37(29-14-7-9-19-33(29)44(35,3)4)38-30-15-8-10-20-34(30)45(5,6)41(31)38/h7-24H,1-6H3/q+1. The molecule has 0 radical (unpaired) electrons. The molecule has 0 N–H and O–H groups in total. The van der Waals surface area contributed by atoms with Gasteiger partial charge in [-0.05, 0) is 67.1 Å². The van der Waals surface area contributed by atoms with Crippen LogP contribution in [0.25, 0.3) is 66.6 Å². The van der Waals surface area contributed by atoms with Crippen molar-refractivity contribution in [2.45, 2.75) is 33.1 Å². The van der Waals surface area contributed by atoms with Crippen LogP contribution in [0.2, 0.25) is 26.2 Å². The molecule has 2 nitrogen and oxygen atoms in total. The van der Waals surface area contributed by atoms with Crippen LogP contribution in [-0.2, 0) is 7.05 Å². The summed E-state index contributed by atoms with van der Waals surface area (Å²) in [6, 6.07) is 38.8. The van der Waals surface area contributed by atoms with Gasteiger partial charge in [-0.1, -0.05) is 111 Å². The third-order valence-electron chi connectivity index (χ3n) is 10.8. The lowest BCUT2D eigenvalue weighted by atomic mass is 9.90. The molecule has 218 valence electrons. The average Bonchev–Trinajstić information content (AvgIpc) is 3.61. The number of hydrogen-bond donors (Lipinski definition) is 0. The highest BCUT2D eigenvalue weighted by Gasteiger charge is 2.47. The molecule has 9 rings (SSSR count). The Morgan fingerprint density at radius 1 is 0.533 bits per heavy atom. The molecular weight excluding hydrogens is 579 g/mol. The molecule has 2 aliphatic heterocycles. The van der Waals surface area contributed by atoms with Gasteiger partial charge in [-0.2, -0.15) is 0 Å². The highest BCUT2D eigenvalue weighted by molar-refractivity contribution is 7.07. The zero-order valence-electron chi connectivity index (χ0n) is 26.7. The predicted molar refractivity (Wildman–Crippen MR) is 195 cm³/mol. The minimum absolute atomic E-state index is 0.971. The van der Waals surface area contributed by atoms with Crippen LogP contribution in [0.4, 0.5) is 0 Å². The monoisotopic (exact) mass is 614 g/mol.